The van der Waals surface area contributed by atoms with Crippen LogP contribution in [0.25, 0.3) is 32.4 Å². The van der Waals surface area contributed by atoms with E-state index in [1.807, 2.05) is 115 Å². The summed E-state index contributed by atoms with van der Waals surface area (Å²) >= 11 is 0. The summed E-state index contributed by atoms with van der Waals surface area (Å²) in [4.78, 5) is 52.6. The van der Waals surface area contributed by atoms with Crippen LogP contribution in [0.1, 0.15) is 69.2 Å². The van der Waals surface area contributed by atoms with Crippen LogP contribution in [0, 0.1) is 0 Å². The van der Waals surface area contributed by atoms with Crippen molar-refractivity contribution in [3.8, 4) is 57.5 Å². The normalized spacial score (nSPS) is 11.0. The fourth-order valence-corrected chi connectivity index (χ4v) is 9.51. The number of halogens is 3. The van der Waals surface area contributed by atoms with Crippen molar-refractivity contribution in [1.29, 1.82) is 0 Å². The van der Waals surface area contributed by atoms with Crippen LogP contribution in [-0.2, 0) is 6.18 Å². The number of alkyl halides is 3. The van der Waals surface area contributed by atoms with E-state index in [9.17, 15) is 57.9 Å². The minimum atomic E-state index is -4.46. The Morgan fingerprint density at radius 2 is 0.765 bits per heavy atom. The Labute approximate surface area is 580 Å². The van der Waals surface area contributed by atoms with Gasteiger partial charge < -0.3 is 44.5 Å². The summed E-state index contributed by atoms with van der Waals surface area (Å²) in [7, 11) is 4.21. The molecule has 0 saturated carbocycles. The van der Waals surface area contributed by atoms with Gasteiger partial charge in [-0.15, -0.1) is 0 Å². The van der Waals surface area contributed by atoms with Gasteiger partial charge in [0.25, 0.3) is 23.6 Å². The van der Waals surface area contributed by atoms with Crippen molar-refractivity contribution in [3.05, 3.63) is 293 Å². The summed E-state index contributed by atoms with van der Waals surface area (Å²) in [5.74, 6) is -1.60. The minimum Gasteiger partial charge on any atom is -0.504 e. The quantitative estimate of drug-likeness (QED) is 0.0233. The summed E-state index contributed by atoms with van der Waals surface area (Å²) in [5, 5.41) is 68.4. The molecule has 0 saturated heterocycles. The Morgan fingerprint density at radius 1 is 0.382 bits per heavy atom. The van der Waals surface area contributed by atoms with Gasteiger partial charge in [0.2, 0.25) is 0 Å². The molecule has 0 bridgehead atoms. The maximum atomic E-state index is 12.8. The van der Waals surface area contributed by atoms with Crippen molar-refractivity contribution < 1.29 is 76.8 Å². The van der Waals surface area contributed by atoms with Crippen molar-refractivity contribution in [1.82, 2.24) is 26.7 Å². The number of methoxy groups -OCH3 is 3. The summed E-state index contributed by atoms with van der Waals surface area (Å²) in [6.07, 6.45) is 3.33. The van der Waals surface area contributed by atoms with E-state index in [-0.39, 0.29) is 68.8 Å². The molecule has 12 aromatic rings. The van der Waals surface area contributed by atoms with E-state index < -0.39 is 29.5 Å². The molecule has 4 amide bonds. The number of hydrogen-bond acceptors (Lipinski definition) is 18. The van der Waals surface area contributed by atoms with Crippen LogP contribution in [0.4, 0.5) is 13.2 Å². The lowest BCUT2D eigenvalue weighted by Crippen LogP contribution is -2.17. The number of hydrazone groups is 4. The smallest absolute Gasteiger partial charge is 0.416 e. The number of fused-ring (bicyclic) bond motifs is 3. The molecule has 0 aliphatic carbocycles. The van der Waals surface area contributed by atoms with Crippen molar-refractivity contribution in [2.24, 2.45) is 20.4 Å². The van der Waals surface area contributed by atoms with E-state index in [0.717, 1.165) is 61.3 Å². The second-order valence-corrected chi connectivity index (χ2v) is 21.4. The Bertz CT molecular complexity index is 4960. The number of pyridine rings is 1. The molecule has 1 aromatic heterocycles. The van der Waals surface area contributed by atoms with Gasteiger partial charge in [0, 0.05) is 50.5 Å². The molecule has 12 rings (SSSR count). The first-order valence-corrected chi connectivity index (χ1v) is 30.5. The highest BCUT2D eigenvalue weighted by Gasteiger charge is 2.30. The fraction of sp³-hybridized carbons (Fsp3) is 0.0519. The van der Waals surface area contributed by atoms with E-state index in [4.69, 9.17) is 18.9 Å². The predicted octanol–water partition coefficient (Wildman–Crippen LogP) is 14.0. The number of rotatable bonds is 17. The number of phenols is 5. The summed E-state index contributed by atoms with van der Waals surface area (Å²) in [6, 6.07) is 64.7. The van der Waals surface area contributed by atoms with E-state index in [1.165, 1.54) is 112 Å². The third-order valence-electron chi connectivity index (χ3n) is 14.6. The highest BCUT2D eigenvalue weighted by molar-refractivity contribution is 6.03. The van der Waals surface area contributed by atoms with E-state index in [2.05, 4.69) is 47.1 Å². The van der Waals surface area contributed by atoms with E-state index in [0.29, 0.717) is 22.4 Å². The van der Waals surface area contributed by atoms with Gasteiger partial charge in [-0.3, -0.25) is 24.2 Å². The highest BCUT2D eigenvalue weighted by atomic mass is 19.4. The molecule has 0 aliphatic rings. The number of amides is 4. The van der Waals surface area contributed by atoms with Crippen molar-refractivity contribution >= 4 is 80.9 Å². The van der Waals surface area contributed by atoms with Crippen LogP contribution in [0.3, 0.4) is 0 Å². The lowest BCUT2D eigenvalue weighted by atomic mass is 10.1. The minimum absolute atomic E-state index is 0.0201. The van der Waals surface area contributed by atoms with Crippen LogP contribution in [-0.4, -0.2) is 100 Å². The number of aromatic nitrogens is 1. The zero-order valence-corrected chi connectivity index (χ0v) is 54.3. The number of phenolic OH excluding ortho intramolecular Hbond substituents is 5. The number of hydrogen-bond donors (Lipinski definition) is 9. The Kier molecular flexibility index (Phi) is 24.6. The van der Waals surface area contributed by atoms with Gasteiger partial charge >= 0.3 is 6.18 Å². The third kappa shape index (κ3) is 19.8. The Morgan fingerprint density at radius 3 is 1.23 bits per heavy atom. The number of para-hydroxylation sites is 1. The number of carbonyl (C=O) groups excluding carboxylic acids is 4. The predicted molar refractivity (Wildman–Crippen MR) is 382 cm³/mol. The van der Waals surface area contributed by atoms with Gasteiger partial charge in [0.05, 0.1) is 57.3 Å². The molecule has 102 heavy (non-hydrogen) atoms. The molecule has 0 aliphatic heterocycles. The molecular weight excluding hydrogens is 1320 g/mol. The number of carbonyl (C=O) groups is 4. The van der Waals surface area contributed by atoms with Crippen molar-refractivity contribution in [3.63, 3.8) is 0 Å². The molecular formula is C77H62F3N9O13. The topological polar surface area (TPSA) is 317 Å². The van der Waals surface area contributed by atoms with Crippen molar-refractivity contribution in [2.45, 2.75) is 6.18 Å². The van der Waals surface area contributed by atoms with E-state index >= 15 is 0 Å². The third-order valence-corrected chi connectivity index (χ3v) is 14.6. The molecule has 9 N–H and O–H groups in total. The summed E-state index contributed by atoms with van der Waals surface area (Å²) in [5.41, 5.74) is 14.0. The van der Waals surface area contributed by atoms with Gasteiger partial charge in [-0.25, -0.2) is 21.7 Å². The molecule has 0 radical (unpaired) electrons. The average molecular weight is 1380 g/mol. The number of nitrogens with zero attached hydrogens (tertiary/aromatic N) is 5. The van der Waals surface area contributed by atoms with Crippen LogP contribution >= 0.6 is 0 Å². The van der Waals surface area contributed by atoms with Crippen LogP contribution < -0.4 is 40.7 Å². The van der Waals surface area contributed by atoms with Gasteiger partial charge in [0.15, 0.2) is 46.0 Å². The van der Waals surface area contributed by atoms with Crippen LogP contribution in [0.15, 0.2) is 263 Å². The number of ether oxygens (including phenoxy) is 4. The summed E-state index contributed by atoms with van der Waals surface area (Å²) < 4.78 is 58.9. The highest BCUT2D eigenvalue weighted by Crippen LogP contribution is 2.34. The molecule has 0 spiro atoms. The molecule has 0 unspecified atom stereocenters. The largest absolute Gasteiger partial charge is 0.504 e. The SMILES string of the molecule is COc1cc(C(=O)N/N=C/c2cccc(Oc3cccc(C(F)(F)F)c3)c2)ccc1O.COc1cc(C(=O)N/N=C/c2cccc3ccccc23)ccc1O.COc1cc(C(=O)N/N=C/c2ccnc3ccccc23)ccc1O.O=C(N/N=C/c1cccc2ccccc12)c1ccc(O)c(O)c1. The second kappa shape index (κ2) is 34.7. The van der Waals surface area contributed by atoms with E-state index in [1.54, 1.807) is 49.1 Å². The Balaban J connectivity index is 0.000000159. The first-order chi connectivity index (χ1) is 49.3. The van der Waals surface area contributed by atoms with Crippen molar-refractivity contribution in [2.75, 3.05) is 21.3 Å². The molecule has 25 heteroatoms. The van der Waals surface area contributed by atoms with Gasteiger partial charge in [0.1, 0.15) is 11.5 Å². The first kappa shape index (κ1) is 72.2. The fourth-order valence-electron chi connectivity index (χ4n) is 9.51. The first-order valence-electron chi connectivity index (χ1n) is 30.5. The van der Waals surface area contributed by atoms with Gasteiger partial charge in [-0.1, -0.05) is 121 Å². The van der Waals surface area contributed by atoms with Crippen LogP contribution in [0.2, 0.25) is 0 Å². The Hall–Kier alpha value is -14.1. The van der Waals surface area contributed by atoms with Gasteiger partial charge in [-0.2, -0.15) is 33.6 Å². The summed E-state index contributed by atoms with van der Waals surface area (Å²) in [6.45, 7) is 0. The maximum Gasteiger partial charge on any atom is 0.416 e. The lowest BCUT2D eigenvalue weighted by molar-refractivity contribution is -0.137. The molecule has 0 atom stereocenters. The number of nitrogens with one attached hydrogen (secondary N) is 4. The molecule has 1 heterocycles. The number of aromatic hydroxyl groups is 5. The maximum absolute atomic E-state index is 12.8. The number of benzene rings is 11. The lowest BCUT2D eigenvalue weighted by Gasteiger charge is -2.10. The zero-order valence-electron chi connectivity index (χ0n) is 54.3. The van der Waals surface area contributed by atoms with Crippen LogP contribution in [0.5, 0.6) is 57.5 Å². The van der Waals surface area contributed by atoms with Gasteiger partial charge in [-0.05, 0) is 142 Å². The molecule has 22 nitrogen and oxygen atoms in total. The monoisotopic (exact) mass is 1380 g/mol. The average Bonchev–Trinajstić information content (AvgIpc) is 0.861. The molecule has 0 fully saturated rings. The zero-order chi connectivity index (χ0) is 72.5. The molecule has 11 aromatic carbocycles. The standard InChI is InChI=1S/C22H17F3N2O4.C19H16N2O3.C18H15N3O3.C18H14N2O3/c1-30-20-11-15(8-9-19(20)28)21(29)27-26-13-14-4-2-6-17(10-14)31-18-7-3-5-16(12-18)22(23,24)25;1-24-18-11-14(9-10-17(18)22)19(23)21-20-12-15-7-4-6-13-5-2-3-8-16(13)15;1-24-17-10-12(6-7-16(17)22)18(23)21-20-11-13-8-9-19-15-5-3-2-4-14(13)15;21-16-9-8-13(10-17(16)22)18(23)20-19-11-14-6-3-5-12-4-1-2-7-15(12)14/h2-13,28H,1H3,(H,27,29);2-12,22H,1H3,(H,21,23);2-11,22H,1H3,(H,21,23);1-11,21-22H,(H,20,23)/b26-13+;20-12+;20-11+;19-11+. The molecule has 514 valence electrons. The second-order valence-electron chi connectivity index (χ2n) is 21.4.